The van der Waals surface area contributed by atoms with Crippen molar-refractivity contribution in [2.24, 2.45) is 4.99 Å². The van der Waals surface area contributed by atoms with Crippen LogP contribution in [0.25, 0.3) is 28.2 Å². The summed E-state index contributed by atoms with van der Waals surface area (Å²) in [5.41, 5.74) is 15.9. The molecular weight excluding hydrogens is 362 g/mol. The van der Waals surface area contributed by atoms with E-state index in [-0.39, 0.29) is 5.63 Å². The minimum atomic E-state index is -0.356. The average Bonchev–Trinajstić information content (AvgIpc) is 2.74. The van der Waals surface area contributed by atoms with Crippen molar-refractivity contribution in [1.82, 2.24) is 0 Å². The zero-order valence-electron chi connectivity index (χ0n) is 15.6. The first-order valence-electron chi connectivity index (χ1n) is 9.09. The maximum Gasteiger partial charge on any atom is 0.344 e. The fourth-order valence-corrected chi connectivity index (χ4v) is 2.97. The van der Waals surface area contributed by atoms with E-state index in [1.165, 1.54) is 0 Å². The molecule has 0 bridgehead atoms. The van der Waals surface area contributed by atoms with Crippen LogP contribution in [-0.4, -0.2) is 6.21 Å². The van der Waals surface area contributed by atoms with Gasteiger partial charge in [0.05, 0.1) is 22.6 Å². The highest BCUT2D eigenvalue weighted by Crippen LogP contribution is 2.23. The molecule has 0 saturated carbocycles. The molecule has 1 heterocycles. The molecule has 29 heavy (non-hydrogen) atoms. The Hall–Kier alpha value is -4.12. The third-order valence-corrected chi connectivity index (χ3v) is 4.53. The van der Waals surface area contributed by atoms with Gasteiger partial charge < -0.3 is 15.9 Å². The first-order chi connectivity index (χ1) is 14.1. The monoisotopic (exact) mass is 381 g/mol. The molecule has 4 N–H and O–H groups in total. The van der Waals surface area contributed by atoms with Gasteiger partial charge in [-0.05, 0) is 53.6 Å². The molecule has 4 aromatic rings. The summed E-state index contributed by atoms with van der Waals surface area (Å²) in [6, 6.07) is 22.2. The summed E-state index contributed by atoms with van der Waals surface area (Å²) in [4.78, 5) is 16.7. The van der Waals surface area contributed by atoms with Crippen molar-refractivity contribution in [3.05, 3.63) is 94.9 Å². The summed E-state index contributed by atoms with van der Waals surface area (Å²) in [5.74, 6) is 0. The number of nitrogens with two attached hydrogens (primary N) is 2. The Morgan fingerprint density at radius 3 is 2.45 bits per heavy atom. The lowest BCUT2D eigenvalue weighted by molar-refractivity contribution is 0.563. The van der Waals surface area contributed by atoms with E-state index in [0.29, 0.717) is 22.5 Å². The molecule has 5 nitrogen and oxygen atoms in total. The number of fused-ring (bicyclic) bond motifs is 1. The minimum Gasteiger partial charge on any atom is -0.422 e. The van der Waals surface area contributed by atoms with Gasteiger partial charge in [-0.25, -0.2) is 4.79 Å². The Bertz CT molecular complexity index is 1290. The highest BCUT2D eigenvalue weighted by Gasteiger charge is 2.07. The van der Waals surface area contributed by atoms with Crippen molar-refractivity contribution in [3.63, 3.8) is 0 Å². The van der Waals surface area contributed by atoms with Gasteiger partial charge in [-0.2, -0.15) is 0 Å². The molecule has 5 heteroatoms. The number of rotatable bonds is 4. The largest absolute Gasteiger partial charge is 0.422 e. The van der Waals surface area contributed by atoms with Crippen LogP contribution in [0.2, 0.25) is 0 Å². The summed E-state index contributed by atoms with van der Waals surface area (Å²) >= 11 is 0. The smallest absolute Gasteiger partial charge is 0.344 e. The molecule has 4 rings (SSSR count). The van der Waals surface area contributed by atoms with Gasteiger partial charge in [0.15, 0.2) is 0 Å². The van der Waals surface area contributed by atoms with E-state index < -0.39 is 0 Å². The van der Waals surface area contributed by atoms with Crippen LogP contribution in [-0.2, 0) is 0 Å². The van der Waals surface area contributed by atoms with Crippen LogP contribution in [0.1, 0.15) is 5.56 Å². The van der Waals surface area contributed by atoms with Crippen LogP contribution in [0.15, 0.2) is 93.1 Å². The number of aliphatic imine (C=N–C) groups is 1. The second-order valence-corrected chi connectivity index (χ2v) is 6.56. The van der Waals surface area contributed by atoms with Crippen LogP contribution in [0, 0.1) is 0 Å². The fourth-order valence-electron chi connectivity index (χ4n) is 2.97. The van der Waals surface area contributed by atoms with Crippen molar-refractivity contribution in [2.45, 2.75) is 0 Å². The first-order valence-corrected chi connectivity index (χ1v) is 9.09. The molecule has 0 aliphatic rings. The zero-order chi connectivity index (χ0) is 20.2. The normalized spacial score (nSPS) is 11.6. The van der Waals surface area contributed by atoms with Crippen molar-refractivity contribution >= 4 is 40.3 Å². The lowest BCUT2D eigenvalue weighted by atomic mass is 10.1. The number of allylic oxidation sites excluding steroid dienone is 1. The second kappa shape index (κ2) is 7.86. The Morgan fingerprint density at radius 2 is 1.66 bits per heavy atom. The number of para-hydroxylation sites is 1. The zero-order valence-corrected chi connectivity index (χ0v) is 15.6. The lowest BCUT2D eigenvalue weighted by Gasteiger charge is -2.03. The summed E-state index contributed by atoms with van der Waals surface area (Å²) in [6.07, 6.45) is 5.43. The molecule has 1 aromatic heterocycles. The van der Waals surface area contributed by atoms with E-state index in [1.54, 1.807) is 18.3 Å². The van der Waals surface area contributed by atoms with Crippen LogP contribution in [0.4, 0.5) is 17.1 Å². The molecule has 0 unspecified atom stereocenters. The molecule has 0 amide bonds. The van der Waals surface area contributed by atoms with E-state index >= 15 is 0 Å². The van der Waals surface area contributed by atoms with E-state index in [2.05, 4.69) is 4.99 Å². The van der Waals surface area contributed by atoms with Gasteiger partial charge in [0.1, 0.15) is 5.58 Å². The molecular formula is C24H19N3O2. The Morgan fingerprint density at radius 1 is 0.862 bits per heavy atom. The van der Waals surface area contributed by atoms with Gasteiger partial charge in [0.2, 0.25) is 0 Å². The quantitative estimate of drug-likeness (QED) is 0.294. The summed E-state index contributed by atoms with van der Waals surface area (Å²) < 4.78 is 5.40. The molecule has 0 fully saturated rings. The van der Waals surface area contributed by atoms with Crippen LogP contribution in [0.3, 0.4) is 0 Å². The number of hydrogen-bond acceptors (Lipinski definition) is 5. The van der Waals surface area contributed by atoms with E-state index in [4.69, 9.17) is 15.9 Å². The van der Waals surface area contributed by atoms with Gasteiger partial charge in [0, 0.05) is 11.6 Å². The molecule has 0 spiro atoms. The highest BCUT2D eigenvalue weighted by atomic mass is 16.4. The van der Waals surface area contributed by atoms with Crippen molar-refractivity contribution in [1.29, 1.82) is 0 Å². The van der Waals surface area contributed by atoms with E-state index in [0.717, 1.165) is 22.2 Å². The number of nitrogen functional groups attached to an aromatic ring is 2. The Labute approximate surface area is 167 Å². The number of hydrogen-bond donors (Lipinski definition) is 2. The molecule has 0 saturated heterocycles. The SMILES string of the molecule is Nc1ccc(C=CC=Nc2ccc(-c3cc4ccccc4oc3=O)cc2)cc1N. The molecule has 0 radical (unpaired) electrons. The van der Waals surface area contributed by atoms with Gasteiger partial charge in [-0.3, -0.25) is 4.99 Å². The topological polar surface area (TPSA) is 94.6 Å². The summed E-state index contributed by atoms with van der Waals surface area (Å²) in [5, 5.41) is 0.887. The van der Waals surface area contributed by atoms with Crippen molar-refractivity contribution in [2.75, 3.05) is 11.5 Å². The standard InChI is InChI=1S/C24H19N3O2/c25-21-12-7-16(14-22(21)26)4-3-13-27-19-10-8-17(9-11-19)20-15-18-5-1-2-6-23(18)29-24(20)28/h1-15H,25-26H2. The average molecular weight is 381 g/mol. The lowest BCUT2D eigenvalue weighted by Crippen LogP contribution is -2.02. The van der Waals surface area contributed by atoms with E-state index in [1.807, 2.05) is 72.8 Å². The van der Waals surface area contributed by atoms with Crippen molar-refractivity contribution in [3.8, 4) is 11.1 Å². The number of benzene rings is 3. The predicted molar refractivity (Wildman–Crippen MR) is 120 cm³/mol. The maximum atomic E-state index is 12.3. The van der Waals surface area contributed by atoms with Gasteiger partial charge >= 0.3 is 5.63 Å². The molecule has 0 aliphatic heterocycles. The van der Waals surface area contributed by atoms with Gasteiger partial charge in [-0.1, -0.05) is 42.5 Å². The predicted octanol–water partition coefficient (Wildman–Crippen LogP) is 5.04. The minimum absolute atomic E-state index is 0.356. The van der Waals surface area contributed by atoms with Crippen LogP contribution in [0.5, 0.6) is 0 Å². The van der Waals surface area contributed by atoms with Gasteiger partial charge in [0.25, 0.3) is 0 Å². The fraction of sp³-hybridized carbons (Fsp3) is 0. The van der Waals surface area contributed by atoms with E-state index in [9.17, 15) is 4.79 Å². The molecule has 3 aromatic carbocycles. The first kappa shape index (κ1) is 18.3. The third kappa shape index (κ3) is 4.09. The number of nitrogens with zero attached hydrogens (tertiary/aromatic N) is 1. The Kier molecular flexibility index (Phi) is 4.95. The van der Waals surface area contributed by atoms with Crippen LogP contribution < -0.4 is 17.1 Å². The second-order valence-electron chi connectivity index (χ2n) is 6.56. The van der Waals surface area contributed by atoms with Crippen molar-refractivity contribution < 1.29 is 4.42 Å². The van der Waals surface area contributed by atoms with Gasteiger partial charge in [-0.15, -0.1) is 0 Å². The molecule has 0 aliphatic carbocycles. The summed E-state index contributed by atoms with van der Waals surface area (Å²) in [7, 11) is 0. The Balaban J connectivity index is 1.51. The maximum absolute atomic E-state index is 12.3. The number of anilines is 2. The van der Waals surface area contributed by atoms with Crippen LogP contribution >= 0.6 is 0 Å². The highest BCUT2D eigenvalue weighted by molar-refractivity contribution is 5.83. The summed E-state index contributed by atoms with van der Waals surface area (Å²) in [6.45, 7) is 0. The molecule has 0 atom stereocenters. The molecule has 142 valence electrons. The third-order valence-electron chi connectivity index (χ3n) is 4.53.